The van der Waals surface area contributed by atoms with Crippen molar-refractivity contribution in [1.29, 1.82) is 0 Å². The van der Waals surface area contributed by atoms with Gasteiger partial charge in [-0.05, 0) is 24.3 Å². The number of nitrogens with one attached hydrogen (secondary N) is 1. The summed E-state index contributed by atoms with van der Waals surface area (Å²) in [5.74, 6) is -0.505. The van der Waals surface area contributed by atoms with Gasteiger partial charge in [0.05, 0.1) is 13.5 Å². The van der Waals surface area contributed by atoms with Crippen LogP contribution in [0.1, 0.15) is 23.2 Å². The molecule has 0 spiro atoms. The topological polar surface area (TPSA) is 81.7 Å². The van der Waals surface area contributed by atoms with Crippen LogP contribution in [-0.4, -0.2) is 31.4 Å². The van der Waals surface area contributed by atoms with E-state index >= 15 is 0 Å². The van der Waals surface area contributed by atoms with Gasteiger partial charge in [-0.15, -0.1) is 0 Å². The van der Waals surface area contributed by atoms with Crippen LogP contribution in [0.5, 0.6) is 5.75 Å². The van der Waals surface area contributed by atoms with Crippen LogP contribution in [0.15, 0.2) is 54.6 Å². The summed E-state index contributed by atoms with van der Waals surface area (Å²) in [6.07, 6.45) is -0.0213. The maximum absolute atomic E-state index is 11.9. The molecule has 0 aliphatic carbocycles. The SMILES string of the molecule is COc1ccc(NC(=O)COC(=O)CCC(=O)c2ccccc2)cc1. The standard InChI is InChI=1S/C19H19NO5/c1-24-16-9-7-15(8-10-16)20-18(22)13-25-19(23)12-11-17(21)14-5-3-2-4-6-14/h2-10H,11-13H2,1H3,(H,20,22). The number of benzene rings is 2. The van der Waals surface area contributed by atoms with Gasteiger partial charge in [0, 0.05) is 17.7 Å². The average Bonchev–Trinajstić information content (AvgIpc) is 2.65. The van der Waals surface area contributed by atoms with Crippen LogP contribution in [0.4, 0.5) is 5.69 Å². The number of methoxy groups -OCH3 is 1. The fraction of sp³-hybridized carbons (Fsp3) is 0.211. The average molecular weight is 341 g/mol. The van der Waals surface area contributed by atoms with E-state index in [9.17, 15) is 14.4 Å². The second kappa shape index (κ2) is 9.22. The second-order valence-electron chi connectivity index (χ2n) is 5.23. The normalized spacial score (nSPS) is 9.96. The largest absolute Gasteiger partial charge is 0.497 e. The van der Waals surface area contributed by atoms with Crippen LogP contribution < -0.4 is 10.1 Å². The molecule has 0 aliphatic rings. The van der Waals surface area contributed by atoms with Crippen LogP contribution in [0.2, 0.25) is 0 Å². The van der Waals surface area contributed by atoms with Gasteiger partial charge in [0.1, 0.15) is 5.75 Å². The molecule has 0 heterocycles. The van der Waals surface area contributed by atoms with E-state index in [4.69, 9.17) is 9.47 Å². The Morgan fingerprint density at radius 3 is 2.24 bits per heavy atom. The van der Waals surface area contributed by atoms with Gasteiger partial charge in [0.15, 0.2) is 12.4 Å². The monoisotopic (exact) mass is 341 g/mol. The minimum absolute atomic E-state index is 0.0446. The van der Waals surface area contributed by atoms with E-state index in [1.165, 1.54) is 0 Å². The van der Waals surface area contributed by atoms with Crippen LogP contribution in [0.3, 0.4) is 0 Å². The molecule has 130 valence electrons. The molecule has 0 bridgehead atoms. The van der Waals surface area contributed by atoms with Crippen LogP contribution in [-0.2, 0) is 14.3 Å². The van der Waals surface area contributed by atoms with Crippen LogP contribution in [0.25, 0.3) is 0 Å². The molecule has 0 unspecified atom stereocenters. The number of Topliss-reactive ketones (excluding diaryl/α,β-unsaturated/α-hetero) is 1. The minimum atomic E-state index is -0.589. The van der Waals surface area contributed by atoms with E-state index < -0.39 is 18.5 Å². The zero-order chi connectivity index (χ0) is 18.1. The summed E-state index contributed by atoms with van der Waals surface area (Å²) in [6.45, 7) is -0.398. The summed E-state index contributed by atoms with van der Waals surface area (Å²) in [6, 6.07) is 15.5. The van der Waals surface area contributed by atoms with Crippen molar-refractivity contribution in [3.8, 4) is 5.75 Å². The third kappa shape index (κ3) is 6.10. The molecular formula is C19H19NO5. The lowest BCUT2D eigenvalue weighted by molar-refractivity contribution is -0.147. The maximum Gasteiger partial charge on any atom is 0.306 e. The first-order chi connectivity index (χ1) is 12.1. The van der Waals surface area contributed by atoms with Crippen LogP contribution >= 0.6 is 0 Å². The first kappa shape index (κ1) is 18.2. The highest BCUT2D eigenvalue weighted by Gasteiger charge is 2.12. The predicted molar refractivity (Wildman–Crippen MR) is 92.6 cm³/mol. The first-order valence-electron chi connectivity index (χ1n) is 7.76. The van der Waals surface area contributed by atoms with E-state index in [0.717, 1.165) is 0 Å². The number of carbonyl (C=O) groups is 3. The molecule has 25 heavy (non-hydrogen) atoms. The molecule has 0 saturated carbocycles. The number of hydrogen-bond acceptors (Lipinski definition) is 5. The van der Waals surface area contributed by atoms with Gasteiger partial charge >= 0.3 is 5.97 Å². The minimum Gasteiger partial charge on any atom is -0.497 e. The Morgan fingerprint density at radius 2 is 1.60 bits per heavy atom. The van der Waals surface area contributed by atoms with Gasteiger partial charge in [-0.25, -0.2) is 0 Å². The number of anilines is 1. The summed E-state index contributed by atoms with van der Waals surface area (Å²) in [5.41, 5.74) is 1.12. The Kier molecular flexibility index (Phi) is 6.71. The Bertz CT molecular complexity index is 725. The number of amides is 1. The van der Waals surface area contributed by atoms with Gasteiger partial charge in [-0.2, -0.15) is 0 Å². The Hall–Kier alpha value is -3.15. The van der Waals surface area contributed by atoms with Crippen molar-refractivity contribution in [3.05, 3.63) is 60.2 Å². The third-order valence-corrected chi connectivity index (χ3v) is 3.39. The number of carbonyl (C=O) groups excluding carboxylic acids is 3. The molecule has 0 atom stereocenters. The molecule has 0 aliphatic heterocycles. The summed E-state index contributed by atoms with van der Waals surface area (Å²) in [5, 5.41) is 2.60. The molecule has 0 saturated heterocycles. The number of esters is 1. The van der Waals surface area contributed by atoms with E-state index in [1.54, 1.807) is 55.6 Å². The molecule has 0 radical (unpaired) electrons. The Balaban J connectivity index is 1.70. The van der Waals surface area contributed by atoms with E-state index in [0.29, 0.717) is 17.0 Å². The molecular weight excluding hydrogens is 322 g/mol. The number of rotatable bonds is 8. The van der Waals surface area contributed by atoms with Crippen molar-refractivity contribution in [2.75, 3.05) is 19.0 Å². The highest BCUT2D eigenvalue weighted by molar-refractivity contribution is 5.97. The van der Waals surface area contributed by atoms with Gasteiger partial charge in [0.25, 0.3) is 5.91 Å². The number of ketones is 1. The second-order valence-corrected chi connectivity index (χ2v) is 5.23. The molecule has 0 fully saturated rings. The first-order valence-corrected chi connectivity index (χ1v) is 7.76. The lowest BCUT2D eigenvalue weighted by Gasteiger charge is -2.07. The van der Waals surface area contributed by atoms with Gasteiger partial charge in [-0.1, -0.05) is 30.3 Å². The molecule has 1 N–H and O–H groups in total. The summed E-state index contributed by atoms with van der Waals surface area (Å²) < 4.78 is 9.90. The highest BCUT2D eigenvalue weighted by atomic mass is 16.5. The van der Waals surface area contributed by atoms with E-state index in [-0.39, 0.29) is 18.6 Å². The molecule has 0 aromatic heterocycles. The molecule has 2 rings (SSSR count). The van der Waals surface area contributed by atoms with Crippen molar-refractivity contribution >= 4 is 23.3 Å². The molecule has 2 aromatic carbocycles. The van der Waals surface area contributed by atoms with E-state index in [2.05, 4.69) is 5.32 Å². The van der Waals surface area contributed by atoms with Crippen molar-refractivity contribution in [2.45, 2.75) is 12.8 Å². The quantitative estimate of drug-likeness (QED) is 0.590. The lowest BCUT2D eigenvalue weighted by Crippen LogP contribution is -2.21. The third-order valence-electron chi connectivity index (χ3n) is 3.39. The summed E-state index contributed by atoms with van der Waals surface area (Å²) >= 11 is 0. The molecule has 1 amide bonds. The fourth-order valence-electron chi connectivity index (χ4n) is 2.07. The van der Waals surface area contributed by atoms with Crippen molar-refractivity contribution in [2.24, 2.45) is 0 Å². The number of hydrogen-bond donors (Lipinski definition) is 1. The Labute approximate surface area is 145 Å². The van der Waals surface area contributed by atoms with E-state index in [1.807, 2.05) is 6.07 Å². The smallest absolute Gasteiger partial charge is 0.306 e. The zero-order valence-corrected chi connectivity index (χ0v) is 13.9. The van der Waals surface area contributed by atoms with Gasteiger partial charge in [0.2, 0.25) is 0 Å². The summed E-state index contributed by atoms with van der Waals surface area (Å²) in [7, 11) is 1.55. The molecule has 6 heteroatoms. The Morgan fingerprint density at radius 1 is 0.920 bits per heavy atom. The highest BCUT2D eigenvalue weighted by Crippen LogP contribution is 2.14. The maximum atomic E-state index is 11.9. The van der Waals surface area contributed by atoms with Crippen LogP contribution in [0, 0.1) is 0 Å². The molecule has 6 nitrogen and oxygen atoms in total. The van der Waals surface area contributed by atoms with Crippen molar-refractivity contribution < 1.29 is 23.9 Å². The fourth-order valence-corrected chi connectivity index (χ4v) is 2.07. The zero-order valence-electron chi connectivity index (χ0n) is 13.9. The molecule has 2 aromatic rings. The number of ether oxygens (including phenoxy) is 2. The summed E-state index contributed by atoms with van der Waals surface area (Å²) in [4.78, 5) is 35.3. The van der Waals surface area contributed by atoms with Gasteiger partial charge in [-0.3, -0.25) is 14.4 Å². The predicted octanol–water partition coefficient (Wildman–Crippen LogP) is 2.84. The van der Waals surface area contributed by atoms with Crippen molar-refractivity contribution in [3.63, 3.8) is 0 Å². The van der Waals surface area contributed by atoms with Crippen molar-refractivity contribution in [1.82, 2.24) is 0 Å². The van der Waals surface area contributed by atoms with Gasteiger partial charge < -0.3 is 14.8 Å². The lowest BCUT2D eigenvalue weighted by atomic mass is 10.1.